The van der Waals surface area contributed by atoms with Crippen LogP contribution < -0.4 is 14.8 Å². The number of amides is 1. The molecule has 9 heteroatoms. The lowest BCUT2D eigenvalue weighted by atomic mass is 10.2. The summed E-state index contributed by atoms with van der Waals surface area (Å²) in [6.45, 7) is 0. The molecule has 32 heavy (non-hydrogen) atoms. The van der Waals surface area contributed by atoms with Crippen LogP contribution in [0.2, 0.25) is 0 Å². The van der Waals surface area contributed by atoms with Crippen molar-refractivity contribution in [2.75, 3.05) is 19.5 Å². The van der Waals surface area contributed by atoms with E-state index in [0.717, 1.165) is 16.2 Å². The molecule has 0 unspecified atom stereocenters. The first-order chi connectivity index (χ1) is 15.7. The van der Waals surface area contributed by atoms with Gasteiger partial charge in [0.1, 0.15) is 11.5 Å². The smallest absolute Gasteiger partial charge is 0.258 e. The number of carbonyl (C=O) groups is 1. The molecule has 2 N–H and O–H groups in total. The zero-order valence-electron chi connectivity index (χ0n) is 17.5. The van der Waals surface area contributed by atoms with Gasteiger partial charge in [-0.3, -0.25) is 20.2 Å². The number of hydrogen-bond acceptors (Lipinski definition) is 7. The van der Waals surface area contributed by atoms with Gasteiger partial charge in [-0.1, -0.05) is 6.07 Å². The summed E-state index contributed by atoms with van der Waals surface area (Å²) in [7, 11) is 3.15. The van der Waals surface area contributed by atoms with Crippen LogP contribution in [0.3, 0.4) is 0 Å². The number of rotatable bonds is 8. The number of anilines is 1. The Morgan fingerprint density at radius 2 is 1.94 bits per heavy atom. The number of pyridine rings is 1. The van der Waals surface area contributed by atoms with Crippen LogP contribution in [-0.4, -0.2) is 40.3 Å². The summed E-state index contributed by atoms with van der Waals surface area (Å²) in [5, 5.41) is 9.63. The molecule has 0 aliphatic rings. The predicted molar refractivity (Wildman–Crippen MR) is 123 cm³/mol. The largest absolute Gasteiger partial charge is 0.497 e. The topological polar surface area (TPSA) is 102 Å². The predicted octanol–water partition coefficient (Wildman–Crippen LogP) is 4.43. The van der Waals surface area contributed by atoms with Crippen molar-refractivity contribution in [2.45, 2.75) is 10.6 Å². The highest BCUT2D eigenvalue weighted by atomic mass is 32.2. The maximum atomic E-state index is 12.6. The number of hydrogen-bond donors (Lipinski definition) is 2. The van der Waals surface area contributed by atoms with Crippen molar-refractivity contribution in [3.8, 4) is 22.9 Å². The first-order valence-electron chi connectivity index (χ1n) is 9.74. The molecule has 0 aliphatic carbocycles. The van der Waals surface area contributed by atoms with E-state index in [0.29, 0.717) is 28.5 Å². The summed E-state index contributed by atoms with van der Waals surface area (Å²) in [6, 6.07) is 16.7. The second kappa shape index (κ2) is 9.97. The maximum Gasteiger partial charge on any atom is 0.258 e. The number of methoxy groups -OCH3 is 2. The van der Waals surface area contributed by atoms with E-state index in [-0.39, 0.29) is 11.9 Å². The number of thioether (sulfide) groups is 1. The molecule has 2 aromatic heterocycles. The van der Waals surface area contributed by atoms with E-state index in [1.54, 1.807) is 56.4 Å². The summed E-state index contributed by atoms with van der Waals surface area (Å²) in [5.74, 6) is 2.42. The van der Waals surface area contributed by atoms with Gasteiger partial charge in [0.25, 0.3) is 5.91 Å². The Morgan fingerprint density at radius 3 is 2.66 bits per heavy atom. The molecular weight excluding hydrogens is 426 g/mol. The van der Waals surface area contributed by atoms with Gasteiger partial charge in [0.05, 0.1) is 19.8 Å². The maximum absolute atomic E-state index is 12.6. The highest BCUT2D eigenvalue weighted by Crippen LogP contribution is 2.31. The fourth-order valence-electron chi connectivity index (χ4n) is 2.96. The molecule has 0 saturated carbocycles. The van der Waals surface area contributed by atoms with Crippen molar-refractivity contribution < 1.29 is 14.3 Å². The van der Waals surface area contributed by atoms with Gasteiger partial charge in [-0.05, 0) is 48.0 Å². The number of nitrogens with one attached hydrogen (secondary N) is 2. The third-order valence-corrected chi connectivity index (χ3v) is 5.70. The summed E-state index contributed by atoms with van der Waals surface area (Å²) in [5.41, 5.74) is 2.37. The second-order valence-corrected chi connectivity index (χ2v) is 7.75. The molecule has 0 fully saturated rings. The van der Waals surface area contributed by atoms with E-state index < -0.39 is 0 Å². The number of H-pyrrole nitrogens is 1. The SMILES string of the molecule is COc1ccc(-c2nc(NC(=O)c3ccc(SCc4cccnc4)cc3)n[nH]2)c(OC)c1. The van der Waals surface area contributed by atoms with E-state index >= 15 is 0 Å². The highest BCUT2D eigenvalue weighted by Gasteiger charge is 2.14. The molecule has 1 amide bonds. The molecule has 0 spiro atoms. The van der Waals surface area contributed by atoms with Crippen molar-refractivity contribution in [3.05, 3.63) is 78.1 Å². The molecule has 2 aromatic carbocycles. The van der Waals surface area contributed by atoms with Crippen molar-refractivity contribution in [1.82, 2.24) is 20.2 Å². The fourth-order valence-corrected chi connectivity index (χ4v) is 3.79. The van der Waals surface area contributed by atoms with Crippen LogP contribution in [0.4, 0.5) is 5.95 Å². The highest BCUT2D eigenvalue weighted by molar-refractivity contribution is 7.98. The fraction of sp³-hybridized carbons (Fsp3) is 0.130. The standard InChI is InChI=1S/C23H21N5O3S/c1-30-17-7-10-19(20(12-17)31-2)21-25-23(28-27-21)26-22(29)16-5-8-18(9-6-16)32-14-15-4-3-11-24-13-15/h3-13H,14H2,1-2H3,(H2,25,26,27,28,29). The number of ether oxygens (including phenoxy) is 2. The van der Waals surface area contributed by atoms with Gasteiger partial charge < -0.3 is 9.47 Å². The zero-order valence-corrected chi connectivity index (χ0v) is 18.3. The van der Waals surface area contributed by atoms with E-state index in [9.17, 15) is 4.79 Å². The average Bonchev–Trinajstić information content (AvgIpc) is 3.31. The minimum Gasteiger partial charge on any atom is -0.497 e. The summed E-state index contributed by atoms with van der Waals surface area (Å²) in [4.78, 5) is 22.1. The third kappa shape index (κ3) is 5.06. The Bertz CT molecular complexity index is 1200. The monoisotopic (exact) mass is 447 g/mol. The lowest BCUT2D eigenvalue weighted by Crippen LogP contribution is -2.12. The Hall–Kier alpha value is -3.85. The molecule has 4 aromatic rings. The lowest BCUT2D eigenvalue weighted by molar-refractivity contribution is 0.102. The summed E-state index contributed by atoms with van der Waals surface area (Å²) in [6.07, 6.45) is 3.60. The normalized spacial score (nSPS) is 10.6. The molecule has 8 nitrogen and oxygen atoms in total. The van der Waals surface area contributed by atoms with Gasteiger partial charge in [-0.25, -0.2) is 0 Å². The molecule has 0 atom stereocenters. The van der Waals surface area contributed by atoms with Crippen LogP contribution in [-0.2, 0) is 5.75 Å². The Labute approximate surface area is 189 Å². The van der Waals surface area contributed by atoms with Crippen LogP contribution in [0.15, 0.2) is 71.9 Å². The quantitative estimate of drug-likeness (QED) is 0.385. The van der Waals surface area contributed by atoms with Crippen LogP contribution in [0.1, 0.15) is 15.9 Å². The van der Waals surface area contributed by atoms with Crippen LogP contribution in [0.5, 0.6) is 11.5 Å². The zero-order chi connectivity index (χ0) is 22.3. The third-order valence-electron chi connectivity index (χ3n) is 4.62. The van der Waals surface area contributed by atoms with Gasteiger partial charge >= 0.3 is 0 Å². The minimum atomic E-state index is -0.291. The molecule has 2 heterocycles. The van der Waals surface area contributed by atoms with E-state index in [1.165, 1.54) is 0 Å². The van der Waals surface area contributed by atoms with Crippen molar-refractivity contribution in [1.29, 1.82) is 0 Å². The van der Waals surface area contributed by atoms with Crippen LogP contribution in [0.25, 0.3) is 11.4 Å². The molecule has 0 aliphatic heterocycles. The van der Waals surface area contributed by atoms with Gasteiger partial charge in [0.2, 0.25) is 5.95 Å². The van der Waals surface area contributed by atoms with Gasteiger partial charge in [-0.15, -0.1) is 16.9 Å². The van der Waals surface area contributed by atoms with Crippen LogP contribution >= 0.6 is 11.8 Å². The Kier molecular flexibility index (Phi) is 6.66. The van der Waals surface area contributed by atoms with Crippen molar-refractivity contribution >= 4 is 23.6 Å². The molecule has 0 saturated heterocycles. The lowest BCUT2D eigenvalue weighted by Gasteiger charge is -2.07. The second-order valence-electron chi connectivity index (χ2n) is 6.70. The Balaban J connectivity index is 1.40. The van der Waals surface area contributed by atoms with Crippen molar-refractivity contribution in [3.63, 3.8) is 0 Å². The Morgan fingerprint density at radius 1 is 1.09 bits per heavy atom. The van der Waals surface area contributed by atoms with Crippen LogP contribution in [0, 0.1) is 0 Å². The van der Waals surface area contributed by atoms with E-state index in [4.69, 9.17) is 9.47 Å². The first-order valence-corrected chi connectivity index (χ1v) is 10.7. The number of aromatic nitrogens is 4. The number of nitrogens with zero attached hydrogens (tertiary/aromatic N) is 3. The molecular formula is C23H21N5O3S. The summed E-state index contributed by atoms with van der Waals surface area (Å²) < 4.78 is 10.6. The molecule has 0 radical (unpaired) electrons. The van der Waals surface area contributed by atoms with Gasteiger partial charge in [0.15, 0.2) is 5.82 Å². The number of carbonyl (C=O) groups excluding carboxylic acids is 1. The number of aromatic amines is 1. The van der Waals surface area contributed by atoms with Gasteiger partial charge in [0, 0.05) is 34.7 Å². The molecule has 4 rings (SSSR count). The van der Waals surface area contributed by atoms with E-state index in [1.807, 2.05) is 36.5 Å². The minimum absolute atomic E-state index is 0.179. The van der Waals surface area contributed by atoms with Crippen molar-refractivity contribution in [2.24, 2.45) is 0 Å². The summed E-state index contributed by atoms with van der Waals surface area (Å²) >= 11 is 1.68. The molecule has 162 valence electrons. The first kappa shape index (κ1) is 21.4. The van der Waals surface area contributed by atoms with E-state index in [2.05, 4.69) is 25.5 Å². The molecule has 0 bridgehead atoms. The average molecular weight is 448 g/mol. The number of benzene rings is 2. The van der Waals surface area contributed by atoms with Gasteiger partial charge in [-0.2, -0.15) is 4.98 Å².